The molecule has 4 rings (SSSR count). The summed E-state index contributed by atoms with van der Waals surface area (Å²) in [6.45, 7) is 9.26. The van der Waals surface area contributed by atoms with Crippen LogP contribution < -0.4 is 4.57 Å². The molecule has 27 heavy (non-hydrogen) atoms. The summed E-state index contributed by atoms with van der Waals surface area (Å²) in [6, 6.07) is 17.0. The van der Waals surface area contributed by atoms with Crippen LogP contribution in [0.15, 0.2) is 54.7 Å². The fourth-order valence-electron chi connectivity index (χ4n) is 4.93. The SMILES string of the molecule is [2H]C([2H])([2H])c1ccc(-c2c(C)ccc3c2C(C)(C)c2ccccc2C3(C)C)[n+](C)c1. The molecule has 0 amide bonds. The molecule has 2 aromatic carbocycles. The fourth-order valence-corrected chi connectivity index (χ4v) is 4.93. The highest BCUT2D eigenvalue weighted by molar-refractivity contribution is 5.74. The number of nitrogens with zero attached hydrogens (tertiary/aromatic N) is 1. The Balaban J connectivity index is 2.06. The molecule has 0 aliphatic heterocycles. The molecule has 0 atom stereocenters. The molecule has 1 nitrogen and oxygen atoms in total. The molecule has 0 N–H and O–H groups in total. The number of aromatic nitrogens is 1. The number of hydrogen-bond acceptors (Lipinski definition) is 0. The minimum absolute atomic E-state index is 0.110. The Morgan fingerprint density at radius 1 is 0.815 bits per heavy atom. The fraction of sp³-hybridized carbons (Fsp3) is 0.346. The van der Waals surface area contributed by atoms with Gasteiger partial charge in [-0.1, -0.05) is 64.1 Å². The molecule has 0 fully saturated rings. The van der Waals surface area contributed by atoms with Crippen molar-refractivity contribution in [1.29, 1.82) is 0 Å². The van der Waals surface area contributed by atoms with Crippen LogP contribution in [0.5, 0.6) is 0 Å². The lowest BCUT2D eigenvalue weighted by molar-refractivity contribution is -0.660. The zero-order valence-corrected chi connectivity index (χ0v) is 17.1. The van der Waals surface area contributed by atoms with E-state index in [1.54, 1.807) is 12.3 Å². The van der Waals surface area contributed by atoms with Crippen molar-refractivity contribution >= 4 is 0 Å². The predicted octanol–water partition coefficient (Wildman–Crippen LogP) is 5.76. The second kappa shape index (κ2) is 5.79. The molecule has 138 valence electrons. The van der Waals surface area contributed by atoms with Crippen molar-refractivity contribution in [1.82, 2.24) is 0 Å². The smallest absolute Gasteiger partial charge is 0.201 e. The first kappa shape index (κ1) is 14.6. The van der Waals surface area contributed by atoms with Crippen LogP contribution in [0.25, 0.3) is 11.3 Å². The molecular formula is C26H30N+. The Morgan fingerprint density at radius 2 is 1.48 bits per heavy atom. The first-order chi connectivity index (χ1) is 13.9. The number of pyridine rings is 1. The van der Waals surface area contributed by atoms with E-state index >= 15 is 0 Å². The van der Waals surface area contributed by atoms with Crippen molar-refractivity contribution in [3.63, 3.8) is 0 Å². The third kappa shape index (κ3) is 2.48. The van der Waals surface area contributed by atoms with Crippen molar-refractivity contribution in [2.45, 2.75) is 52.3 Å². The van der Waals surface area contributed by atoms with Crippen molar-refractivity contribution in [3.05, 3.63) is 88.1 Å². The van der Waals surface area contributed by atoms with Crippen LogP contribution in [-0.2, 0) is 17.9 Å². The third-order valence-corrected chi connectivity index (χ3v) is 6.38. The Kier molecular flexibility index (Phi) is 3.14. The Bertz CT molecular complexity index is 1150. The van der Waals surface area contributed by atoms with E-state index in [-0.39, 0.29) is 10.8 Å². The molecule has 1 heteroatoms. The highest BCUT2D eigenvalue weighted by atomic mass is 14.9. The van der Waals surface area contributed by atoms with Crippen LogP contribution in [0.1, 0.15) is 65.2 Å². The maximum absolute atomic E-state index is 7.75. The first-order valence-electron chi connectivity index (χ1n) is 11.1. The number of aryl methyl sites for hydroxylation is 3. The molecule has 0 saturated carbocycles. The zero-order valence-electron chi connectivity index (χ0n) is 20.1. The van der Waals surface area contributed by atoms with Gasteiger partial charge in [-0.2, -0.15) is 0 Å². The molecule has 0 unspecified atom stereocenters. The van der Waals surface area contributed by atoms with Gasteiger partial charge in [-0.3, -0.25) is 0 Å². The number of rotatable bonds is 1. The summed E-state index contributed by atoms with van der Waals surface area (Å²) >= 11 is 0. The van der Waals surface area contributed by atoms with Gasteiger partial charge in [0.15, 0.2) is 6.20 Å². The van der Waals surface area contributed by atoms with Crippen molar-refractivity contribution in [3.8, 4) is 11.3 Å². The Labute approximate surface area is 167 Å². The van der Waals surface area contributed by atoms with Crippen LogP contribution in [0.2, 0.25) is 0 Å². The third-order valence-electron chi connectivity index (χ3n) is 6.38. The highest BCUT2D eigenvalue weighted by Gasteiger charge is 2.44. The minimum Gasteiger partial charge on any atom is -0.201 e. The van der Waals surface area contributed by atoms with Crippen molar-refractivity contribution in [2.24, 2.45) is 7.05 Å². The molecule has 0 radical (unpaired) electrons. The summed E-state index contributed by atoms with van der Waals surface area (Å²) in [6.07, 6.45) is 1.75. The first-order valence-corrected chi connectivity index (χ1v) is 9.62. The normalized spacial score (nSPS) is 18.7. The second-order valence-electron chi connectivity index (χ2n) is 8.89. The number of benzene rings is 2. The number of hydrogen-bond donors (Lipinski definition) is 0. The summed E-state index contributed by atoms with van der Waals surface area (Å²) in [5.41, 5.74) is 8.95. The average Bonchev–Trinajstić information content (AvgIpc) is 2.66. The van der Waals surface area contributed by atoms with Crippen LogP contribution in [0, 0.1) is 13.8 Å². The molecule has 1 heterocycles. The van der Waals surface area contributed by atoms with E-state index in [0.717, 1.165) is 5.69 Å². The van der Waals surface area contributed by atoms with Gasteiger partial charge in [0.25, 0.3) is 0 Å². The van der Waals surface area contributed by atoms with E-state index in [9.17, 15) is 0 Å². The van der Waals surface area contributed by atoms with Crippen molar-refractivity contribution < 1.29 is 8.68 Å². The molecule has 0 bridgehead atoms. The molecule has 1 aromatic heterocycles. The maximum Gasteiger partial charge on any atom is 0.212 e. The van der Waals surface area contributed by atoms with E-state index in [4.69, 9.17) is 4.11 Å². The van der Waals surface area contributed by atoms with E-state index in [1.165, 1.54) is 33.4 Å². The zero-order chi connectivity index (χ0) is 22.1. The maximum atomic E-state index is 7.75. The van der Waals surface area contributed by atoms with Crippen LogP contribution >= 0.6 is 0 Å². The topological polar surface area (TPSA) is 3.88 Å². The van der Waals surface area contributed by atoms with Gasteiger partial charge in [0.1, 0.15) is 7.05 Å². The van der Waals surface area contributed by atoms with E-state index in [0.29, 0.717) is 5.56 Å². The van der Waals surface area contributed by atoms with Gasteiger partial charge in [-0.05, 0) is 47.7 Å². The lowest BCUT2D eigenvalue weighted by Crippen LogP contribution is -2.39. The Morgan fingerprint density at radius 3 is 2.11 bits per heavy atom. The molecular weight excluding hydrogens is 326 g/mol. The predicted molar refractivity (Wildman–Crippen MR) is 113 cm³/mol. The lowest BCUT2D eigenvalue weighted by atomic mass is 9.58. The Hall–Kier alpha value is -2.41. The van der Waals surface area contributed by atoms with E-state index in [1.807, 2.05) is 17.7 Å². The summed E-state index contributed by atoms with van der Waals surface area (Å²) in [7, 11) is 1.94. The van der Waals surface area contributed by atoms with Crippen LogP contribution in [0.3, 0.4) is 0 Å². The summed E-state index contributed by atoms with van der Waals surface area (Å²) < 4.78 is 25.2. The minimum atomic E-state index is -2.11. The molecule has 0 spiro atoms. The largest absolute Gasteiger partial charge is 0.212 e. The molecule has 0 saturated heterocycles. The van der Waals surface area contributed by atoms with Gasteiger partial charge < -0.3 is 0 Å². The quantitative estimate of drug-likeness (QED) is 0.486. The standard InChI is InChI=1S/C26H30N/c1-17-12-15-22(27(7)16-17)23-18(2)13-14-21-24(23)26(5,6)20-11-9-8-10-19(20)25(21,3)4/h8-16H,1-7H3/q+1/i1D3. The molecule has 1 aliphatic rings. The monoisotopic (exact) mass is 359 g/mol. The van der Waals surface area contributed by atoms with Crippen LogP contribution in [0.4, 0.5) is 0 Å². The van der Waals surface area contributed by atoms with Gasteiger partial charge in [-0.25, -0.2) is 4.57 Å². The van der Waals surface area contributed by atoms with E-state index < -0.39 is 6.85 Å². The van der Waals surface area contributed by atoms with Gasteiger partial charge in [-0.15, -0.1) is 0 Å². The lowest BCUT2D eigenvalue weighted by Gasteiger charge is -2.45. The summed E-state index contributed by atoms with van der Waals surface area (Å²) in [5.74, 6) is 0. The van der Waals surface area contributed by atoms with Crippen LogP contribution in [-0.4, -0.2) is 0 Å². The summed E-state index contributed by atoms with van der Waals surface area (Å²) in [5, 5.41) is 0. The van der Waals surface area contributed by atoms with Gasteiger partial charge >= 0.3 is 0 Å². The highest BCUT2D eigenvalue weighted by Crippen LogP contribution is 2.52. The second-order valence-corrected chi connectivity index (χ2v) is 8.89. The van der Waals surface area contributed by atoms with Crippen molar-refractivity contribution in [2.75, 3.05) is 0 Å². The molecule has 1 aliphatic carbocycles. The number of fused-ring (bicyclic) bond motifs is 2. The van der Waals surface area contributed by atoms with Gasteiger partial charge in [0, 0.05) is 26.6 Å². The summed E-state index contributed by atoms with van der Waals surface area (Å²) in [4.78, 5) is 0. The van der Waals surface area contributed by atoms with Gasteiger partial charge in [0.2, 0.25) is 5.69 Å². The van der Waals surface area contributed by atoms with E-state index in [2.05, 4.69) is 71.0 Å². The average molecular weight is 360 g/mol. The van der Waals surface area contributed by atoms with Gasteiger partial charge in [0.05, 0.1) is 5.56 Å². The molecule has 3 aromatic rings.